The quantitative estimate of drug-likeness (QED) is 0.667. The van der Waals surface area contributed by atoms with Crippen LogP contribution in [0.3, 0.4) is 0 Å². The van der Waals surface area contributed by atoms with Crippen LogP contribution in [0.4, 0.5) is 14.9 Å². The van der Waals surface area contributed by atoms with Gasteiger partial charge in [0.2, 0.25) is 5.96 Å². The predicted octanol–water partition coefficient (Wildman–Crippen LogP) is 3.74. The van der Waals surface area contributed by atoms with Crippen molar-refractivity contribution in [1.82, 2.24) is 14.7 Å². The van der Waals surface area contributed by atoms with E-state index in [-0.39, 0.29) is 17.8 Å². The van der Waals surface area contributed by atoms with E-state index in [1.54, 1.807) is 30.1 Å². The Kier molecular flexibility index (Phi) is 5.26. The molecule has 0 radical (unpaired) electrons. The van der Waals surface area contributed by atoms with Crippen molar-refractivity contribution in [2.24, 2.45) is 4.99 Å². The molecule has 4 rings (SSSR count). The number of halogens is 1. The second kappa shape index (κ2) is 7.74. The second-order valence-corrected chi connectivity index (χ2v) is 8.06. The van der Waals surface area contributed by atoms with Gasteiger partial charge in [-0.2, -0.15) is 0 Å². The normalized spacial score (nSPS) is 23.4. The summed E-state index contributed by atoms with van der Waals surface area (Å²) in [7, 11) is 1.68. The highest BCUT2D eigenvalue weighted by molar-refractivity contribution is 6.10. The van der Waals surface area contributed by atoms with Gasteiger partial charge in [-0.15, -0.1) is 0 Å². The molecule has 0 aliphatic carbocycles. The van der Waals surface area contributed by atoms with E-state index < -0.39 is 12.2 Å². The first-order valence-electron chi connectivity index (χ1n) is 10.6. The minimum Gasteiger partial charge on any atom is -0.302 e. The van der Waals surface area contributed by atoms with Crippen LogP contribution in [0.25, 0.3) is 0 Å². The Bertz CT molecular complexity index is 943. The highest BCUT2D eigenvalue weighted by atomic mass is 19.1. The molecule has 3 heterocycles. The zero-order valence-corrected chi connectivity index (χ0v) is 17.9. The van der Waals surface area contributed by atoms with Crippen molar-refractivity contribution in [3.8, 4) is 0 Å². The molecule has 2 unspecified atom stereocenters. The number of carbonyl (C=O) groups is 2. The number of unbranched alkanes of at least 4 members (excludes halogenated alkanes) is 3. The van der Waals surface area contributed by atoms with Gasteiger partial charge >= 0.3 is 6.03 Å². The monoisotopic (exact) mass is 413 g/mol. The highest BCUT2D eigenvalue weighted by Gasteiger charge is 2.55. The average Bonchev–Trinajstić information content (AvgIpc) is 3.22. The molecule has 1 saturated heterocycles. The molecule has 3 aliphatic rings. The van der Waals surface area contributed by atoms with Crippen LogP contribution in [0, 0.1) is 5.82 Å². The van der Waals surface area contributed by atoms with Gasteiger partial charge in [-0.3, -0.25) is 19.5 Å². The summed E-state index contributed by atoms with van der Waals surface area (Å²) in [5.74, 6) is -0.107. The number of imide groups is 1. The average molecular weight is 413 g/mol. The van der Waals surface area contributed by atoms with Crippen LogP contribution in [-0.4, -0.2) is 58.4 Å². The summed E-state index contributed by atoms with van der Waals surface area (Å²) < 4.78 is 14.6. The zero-order valence-electron chi connectivity index (χ0n) is 17.9. The van der Waals surface area contributed by atoms with Gasteiger partial charge in [0.1, 0.15) is 5.82 Å². The number of allylic oxidation sites excluding steroid dienone is 2. The maximum atomic E-state index is 14.6. The van der Waals surface area contributed by atoms with E-state index >= 15 is 0 Å². The molecule has 7 nitrogen and oxygen atoms in total. The summed E-state index contributed by atoms with van der Waals surface area (Å²) >= 11 is 0. The van der Waals surface area contributed by atoms with Gasteiger partial charge < -0.3 is 4.90 Å². The number of hydrogen-bond donors (Lipinski definition) is 0. The molecule has 0 N–H and O–H groups in total. The Hall–Kier alpha value is -2.90. The third-order valence-corrected chi connectivity index (χ3v) is 6.22. The molecule has 1 fully saturated rings. The highest BCUT2D eigenvalue weighted by Crippen LogP contribution is 2.40. The van der Waals surface area contributed by atoms with Crippen molar-refractivity contribution < 1.29 is 14.0 Å². The summed E-state index contributed by atoms with van der Waals surface area (Å²) in [5, 5.41) is 0. The van der Waals surface area contributed by atoms with Crippen LogP contribution in [-0.2, 0) is 4.79 Å². The topological polar surface area (TPSA) is 59.5 Å². The molecule has 30 heavy (non-hydrogen) atoms. The summed E-state index contributed by atoms with van der Waals surface area (Å²) in [6.07, 6.45) is 3.32. The molecule has 3 amide bonds. The van der Waals surface area contributed by atoms with E-state index in [9.17, 15) is 14.0 Å². The lowest BCUT2D eigenvalue weighted by atomic mass is 10.1. The Morgan fingerprint density at radius 3 is 2.50 bits per heavy atom. The minimum atomic E-state index is -0.624. The van der Waals surface area contributed by atoms with Crippen LogP contribution in [0.2, 0.25) is 0 Å². The molecule has 0 bridgehead atoms. The van der Waals surface area contributed by atoms with Gasteiger partial charge in [0.05, 0.1) is 5.69 Å². The van der Waals surface area contributed by atoms with Crippen LogP contribution < -0.4 is 4.90 Å². The van der Waals surface area contributed by atoms with Gasteiger partial charge in [-0.25, -0.2) is 14.2 Å². The van der Waals surface area contributed by atoms with E-state index in [1.807, 2.05) is 18.7 Å². The Labute approximate surface area is 176 Å². The first kappa shape index (κ1) is 20.4. The van der Waals surface area contributed by atoms with Crippen molar-refractivity contribution in [2.75, 3.05) is 18.5 Å². The van der Waals surface area contributed by atoms with E-state index in [0.717, 1.165) is 37.1 Å². The number of likely N-dealkylation sites (N-methyl/N-ethyl adjacent to an activating group) is 1. The summed E-state index contributed by atoms with van der Waals surface area (Å²) in [6.45, 7) is 6.33. The van der Waals surface area contributed by atoms with Gasteiger partial charge in [0.15, 0.2) is 12.2 Å². The number of urea groups is 1. The molecule has 3 aliphatic heterocycles. The molecule has 2 atom stereocenters. The lowest BCUT2D eigenvalue weighted by molar-refractivity contribution is -0.136. The number of fused-ring (bicyclic) bond motifs is 3. The summed E-state index contributed by atoms with van der Waals surface area (Å²) in [4.78, 5) is 37.4. The molecule has 8 heteroatoms. The molecule has 1 aromatic carbocycles. The van der Waals surface area contributed by atoms with Crippen molar-refractivity contribution in [2.45, 2.75) is 58.7 Å². The largest absolute Gasteiger partial charge is 0.328 e. The number of aliphatic imine (C=N–C) groups is 1. The lowest BCUT2D eigenvalue weighted by Crippen LogP contribution is -2.64. The van der Waals surface area contributed by atoms with Gasteiger partial charge in [0, 0.05) is 25.0 Å². The molecule has 0 aromatic heterocycles. The predicted molar refractivity (Wildman–Crippen MR) is 113 cm³/mol. The van der Waals surface area contributed by atoms with Crippen LogP contribution in [0.5, 0.6) is 0 Å². The maximum Gasteiger partial charge on any atom is 0.328 e. The smallest absolute Gasteiger partial charge is 0.302 e. The third kappa shape index (κ3) is 2.97. The fraction of sp³-hybridized carbons (Fsp3) is 0.500. The molecule has 160 valence electrons. The van der Waals surface area contributed by atoms with Gasteiger partial charge in [0.25, 0.3) is 5.91 Å². The number of benzene rings is 1. The van der Waals surface area contributed by atoms with Crippen LogP contribution in [0.1, 0.15) is 46.5 Å². The fourth-order valence-electron chi connectivity index (χ4n) is 4.44. The second-order valence-electron chi connectivity index (χ2n) is 8.06. The van der Waals surface area contributed by atoms with Crippen molar-refractivity contribution in [3.63, 3.8) is 0 Å². The Morgan fingerprint density at radius 1 is 1.07 bits per heavy atom. The third-order valence-electron chi connectivity index (χ3n) is 6.22. The summed E-state index contributed by atoms with van der Waals surface area (Å²) in [5.41, 5.74) is 2.04. The maximum absolute atomic E-state index is 14.6. The first-order chi connectivity index (χ1) is 14.4. The SMILES string of the molecule is CCCCCCN1C(=O)C2C(N=C3N(c4ccccc4F)C(C)=C(C)N32)N(C)C1=O. The number of amides is 3. The number of hydrogen-bond acceptors (Lipinski definition) is 5. The number of rotatable bonds is 6. The number of guanidine groups is 1. The van der Waals surface area contributed by atoms with Crippen molar-refractivity contribution in [1.29, 1.82) is 0 Å². The number of nitrogens with zero attached hydrogens (tertiary/aromatic N) is 5. The van der Waals surface area contributed by atoms with Crippen LogP contribution in [0.15, 0.2) is 40.7 Å². The number of para-hydroxylation sites is 1. The van der Waals surface area contributed by atoms with Crippen LogP contribution >= 0.6 is 0 Å². The van der Waals surface area contributed by atoms with E-state index in [0.29, 0.717) is 18.2 Å². The minimum absolute atomic E-state index is 0.235. The zero-order chi connectivity index (χ0) is 21.6. The first-order valence-corrected chi connectivity index (χ1v) is 10.6. The standard InChI is InChI=1S/C22H28FN5O2/c1-5-6-7-10-13-26-20(29)18-19(25(4)22(26)30)24-21-27(14(2)15(3)28(18)21)17-12-9-8-11-16(17)23/h8-9,11-12,18-19H,5-7,10,13H2,1-4H3. The van der Waals surface area contributed by atoms with E-state index in [2.05, 4.69) is 6.92 Å². The van der Waals surface area contributed by atoms with Crippen molar-refractivity contribution >= 4 is 23.6 Å². The van der Waals surface area contributed by atoms with Crippen molar-refractivity contribution in [3.05, 3.63) is 41.5 Å². The molecular formula is C22H28FN5O2. The van der Waals surface area contributed by atoms with E-state index in [4.69, 9.17) is 4.99 Å². The number of carbonyl (C=O) groups excluding carboxylic acids is 2. The molecule has 0 saturated carbocycles. The fourth-order valence-corrected chi connectivity index (χ4v) is 4.44. The number of anilines is 1. The molecule has 0 spiro atoms. The Morgan fingerprint density at radius 2 is 1.80 bits per heavy atom. The molecule has 1 aromatic rings. The summed E-state index contributed by atoms with van der Waals surface area (Å²) in [6, 6.07) is 5.56. The molecular weight excluding hydrogens is 385 g/mol. The Balaban J connectivity index is 1.67. The van der Waals surface area contributed by atoms with Gasteiger partial charge in [-0.05, 0) is 32.4 Å². The van der Waals surface area contributed by atoms with Gasteiger partial charge in [-0.1, -0.05) is 38.3 Å². The lowest BCUT2D eigenvalue weighted by Gasteiger charge is -2.40. The van der Waals surface area contributed by atoms with E-state index in [1.165, 1.54) is 15.9 Å².